The Morgan fingerprint density at radius 3 is 1.95 bits per heavy atom. The molecule has 1 aromatic heterocycles. The van der Waals surface area contributed by atoms with E-state index in [1.54, 1.807) is 20.0 Å². The number of aromatic amines is 1. The van der Waals surface area contributed by atoms with Crippen molar-refractivity contribution in [2.24, 2.45) is 11.8 Å². The molecule has 0 aliphatic carbocycles. The normalized spacial score (nSPS) is 24.4. The Bertz CT molecular complexity index is 1360. The SMILES string of the molecule is CC(C)C[C@H]1NC(=O)[C@H](C(C)C)NC(=O)[C@@H](CO)NC(=O)[C@H](CC(=O)O)NC(=O)[C@H](Cc2c[nH]c3ccccc23)NC1=O. The maximum Gasteiger partial charge on any atom is 0.305 e. The van der Waals surface area contributed by atoms with Gasteiger partial charge in [-0.3, -0.25) is 28.8 Å². The zero-order valence-corrected chi connectivity index (χ0v) is 24.6. The highest BCUT2D eigenvalue weighted by atomic mass is 16.4. The summed E-state index contributed by atoms with van der Waals surface area (Å²) in [6, 6.07) is 0.628. The van der Waals surface area contributed by atoms with Gasteiger partial charge in [-0.2, -0.15) is 0 Å². The molecule has 14 heteroatoms. The smallest absolute Gasteiger partial charge is 0.305 e. The van der Waals surface area contributed by atoms with E-state index in [9.17, 15) is 39.0 Å². The fraction of sp³-hybridized carbons (Fsp3) is 0.517. The summed E-state index contributed by atoms with van der Waals surface area (Å²) in [5.41, 5.74) is 1.47. The number of hydrogen-bond acceptors (Lipinski definition) is 7. The minimum Gasteiger partial charge on any atom is -0.481 e. The fourth-order valence-corrected chi connectivity index (χ4v) is 4.88. The molecular weight excluding hydrogens is 560 g/mol. The molecule has 2 heterocycles. The first-order chi connectivity index (χ1) is 20.3. The van der Waals surface area contributed by atoms with Gasteiger partial charge in [0.15, 0.2) is 0 Å². The van der Waals surface area contributed by atoms with Crippen molar-refractivity contribution in [2.75, 3.05) is 6.61 Å². The average Bonchev–Trinajstić information content (AvgIpc) is 3.34. The van der Waals surface area contributed by atoms with E-state index in [1.165, 1.54) is 0 Å². The van der Waals surface area contributed by atoms with Gasteiger partial charge in [-0.15, -0.1) is 0 Å². The van der Waals surface area contributed by atoms with E-state index < -0.39 is 84.7 Å². The highest BCUT2D eigenvalue weighted by Crippen LogP contribution is 2.20. The third-order valence-electron chi connectivity index (χ3n) is 7.15. The number of amides is 5. The number of nitrogens with one attached hydrogen (secondary N) is 6. The van der Waals surface area contributed by atoms with E-state index >= 15 is 0 Å². The van der Waals surface area contributed by atoms with Crippen LogP contribution in [0.3, 0.4) is 0 Å². The van der Waals surface area contributed by atoms with Crippen molar-refractivity contribution in [3.63, 3.8) is 0 Å². The Morgan fingerprint density at radius 1 is 0.767 bits per heavy atom. The number of H-pyrrole nitrogens is 1. The van der Waals surface area contributed by atoms with Crippen LogP contribution in [0.1, 0.15) is 46.1 Å². The van der Waals surface area contributed by atoms with Gasteiger partial charge in [-0.25, -0.2) is 0 Å². The molecule has 1 fully saturated rings. The van der Waals surface area contributed by atoms with Crippen LogP contribution in [-0.4, -0.2) is 87.5 Å². The number of hydrogen-bond donors (Lipinski definition) is 8. The van der Waals surface area contributed by atoms with Crippen molar-refractivity contribution in [2.45, 2.75) is 77.2 Å². The number of aliphatic hydroxyl groups excluding tert-OH is 1. The lowest BCUT2D eigenvalue weighted by atomic mass is 9.98. The van der Waals surface area contributed by atoms with Crippen LogP contribution in [0, 0.1) is 11.8 Å². The summed E-state index contributed by atoms with van der Waals surface area (Å²) in [4.78, 5) is 81.4. The van der Waals surface area contributed by atoms with E-state index in [0.29, 0.717) is 5.56 Å². The summed E-state index contributed by atoms with van der Waals surface area (Å²) in [5, 5.41) is 32.6. The molecule has 0 saturated carbocycles. The van der Waals surface area contributed by atoms with Crippen LogP contribution in [0.4, 0.5) is 0 Å². The van der Waals surface area contributed by atoms with Crippen molar-refractivity contribution in [1.82, 2.24) is 31.6 Å². The van der Waals surface area contributed by atoms with Crippen molar-refractivity contribution in [3.05, 3.63) is 36.0 Å². The molecule has 0 unspecified atom stereocenters. The average molecular weight is 601 g/mol. The molecule has 234 valence electrons. The molecule has 1 aromatic carbocycles. The van der Waals surface area contributed by atoms with Crippen LogP contribution < -0.4 is 26.6 Å². The Kier molecular flexibility index (Phi) is 11.2. The number of benzene rings is 1. The number of fused-ring (bicyclic) bond motifs is 1. The lowest BCUT2D eigenvalue weighted by Gasteiger charge is -2.28. The quantitative estimate of drug-likeness (QED) is 0.194. The van der Waals surface area contributed by atoms with Gasteiger partial charge in [0, 0.05) is 23.5 Å². The molecule has 5 atom stereocenters. The van der Waals surface area contributed by atoms with Crippen LogP contribution in [0.15, 0.2) is 30.5 Å². The summed E-state index contributed by atoms with van der Waals surface area (Å²) in [6.45, 7) is 6.19. The van der Waals surface area contributed by atoms with Gasteiger partial charge in [-0.1, -0.05) is 45.9 Å². The lowest BCUT2D eigenvalue weighted by molar-refractivity contribution is -0.141. The molecule has 0 bridgehead atoms. The van der Waals surface area contributed by atoms with Gasteiger partial charge in [-0.05, 0) is 29.9 Å². The second-order valence-electron chi connectivity index (χ2n) is 11.4. The summed E-state index contributed by atoms with van der Waals surface area (Å²) < 4.78 is 0. The van der Waals surface area contributed by atoms with Crippen molar-refractivity contribution in [1.29, 1.82) is 0 Å². The second-order valence-corrected chi connectivity index (χ2v) is 11.4. The van der Waals surface area contributed by atoms with E-state index in [-0.39, 0.29) is 18.8 Å². The predicted octanol–water partition coefficient (Wildman–Crippen LogP) is -0.683. The topological polar surface area (TPSA) is 219 Å². The Hall–Kier alpha value is -4.46. The Balaban J connectivity index is 2.07. The minimum absolute atomic E-state index is 0.0285. The standard InChI is InChI=1S/C29H40N6O8/c1-14(2)9-19-25(39)31-20(10-16-12-30-18-8-6-5-7-17(16)18)26(40)32-21(11-23(37)38)27(41)34-22(13-36)28(42)35-24(15(3)4)29(43)33-19/h5-8,12,14-15,19-22,24,30,36H,9-11,13H2,1-4H3,(H,31,39)(H,32,40)(H,33,43)(H,34,41)(H,35,42)(H,37,38)/t19-,20+,21+,22-,24+/m1/s1. The first-order valence-corrected chi connectivity index (χ1v) is 14.2. The zero-order valence-electron chi connectivity index (χ0n) is 24.6. The van der Waals surface area contributed by atoms with E-state index in [4.69, 9.17) is 0 Å². The molecule has 1 saturated heterocycles. The summed E-state index contributed by atoms with van der Waals surface area (Å²) >= 11 is 0. The van der Waals surface area contributed by atoms with E-state index in [0.717, 1.165) is 10.9 Å². The number of carbonyl (C=O) groups excluding carboxylic acids is 5. The largest absolute Gasteiger partial charge is 0.481 e. The van der Waals surface area contributed by atoms with Gasteiger partial charge in [0.1, 0.15) is 30.2 Å². The second kappa shape index (κ2) is 14.6. The first kappa shape index (κ1) is 33.0. The van der Waals surface area contributed by atoms with Crippen LogP contribution >= 0.6 is 0 Å². The fourth-order valence-electron chi connectivity index (χ4n) is 4.88. The van der Waals surface area contributed by atoms with Gasteiger partial charge in [0.05, 0.1) is 13.0 Å². The van der Waals surface area contributed by atoms with Gasteiger partial charge in [0.25, 0.3) is 0 Å². The molecule has 0 spiro atoms. The minimum atomic E-state index is -1.65. The molecule has 43 heavy (non-hydrogen) atoms. The van der Waals surface area contributed by atoms with Crippen molar-refractivity contribution in [3.8, 4) is 0 Å². The van der Waals surface area contributed by atoms with Gasteiger partial charge >= 0.3 is 5.97 Å². The number of aliphatic hydroxyl groups is 1. The molecule has 3 rings (SSSR count). The van der Waals surface area contributed by atoms with Gasteiger partial charge < -0.3 is 41.8 Å². The Morgan fingerprint density at radius 2 is 1.33 bits per heavy atom. The van der Waals surface area contributed by atoms with E-state index in [2.05, 4.69) is 31.6 Å². The third-order valence-corrected chi connectivity index (χ3v) is 7.15. The third kappa shape index (κ3) is 8.77. The number of aromatic nitrogens is 1. The van der Waals surface area contributed by atoms with Crippen molar-refractivity contribution >= 4 is 46.4 Å². The van der Waals surface area contributed by atoms with Crippen LogP contribution in [0.5, 0.6) is 0 Å². The van der Waals surface area contributed by atoms with E-state index in [1.807, 2.05) is 38.1 Å². The molecule has 0 radical (unpaired) electrons. The van der Waals surface area contributed by atoms with Crippen LogP contribution in [0.25, 0.3) is 10.9 Å². The summed E-state index contributed by atoms with van der Waals surface area (Å²) in [6.07, 6.45) is 1.03. The number of carbonyl (C=O) groups is 6. The monoisotopic (exact) mass is 600 g/mol. The van der Waals surface area contributed by atoms with Crippen LogP contribution in [0.2, 0.25) is 0 Å². The number of rotatable bonds is 8. The number of aliphatic carboxylic acids is 1. The highest BCUT2D eigenvalue weighted by molar-refractivity contribution is 5.99. The van der Waals surface area contributed by atoms with Crippen LogP contribution in [-0.2, 0) is 35.2 Å². The molecule has 1 aliphatic rings. The van der Waals surface area contributed by atoms with Gasteiger partial charge in [0.2, 0.25) is 29.5 Å². The molecule has 14 nitrogen and oxygen atoms in total. The number of carboxylic acid groups (broad SMARTS) is 1. The molecule has 8 N–H and O–H groups in total. The number of para-hydroxylation sites is 1. The summed E-state index contributed by atoms with van der Waals surface area (Å²) in [7, 11) is 0. The zero-order chi connectivity index (χ0) is 31.8. The lowest BCUT2D eigenvalue weighted by Crippen LogP contribution is -2.59. The molecular formula is C29H40N6O8. The molecule has 5 amide bonds. The maximum atomic E-state index is 13.6. The summed E-state index contributed by atoms with van der Waals surface area (Å²) in [5.74, 6) is -6.03. The molecule has 2 aromatic rings. The van der Waals surface area contributed by atoms with Crippen molar-refractivity contribution < 1.29 is 39.0 Å². The highest BCUT2D eigenvalue weighted by Gasteiger charge is 2.36. The maximum absolute atomic E-state index is 13.6. The number of carboxylic acids is 1. The molecule has 1 aliphatic heterocycles. The first-order valence-electron chi connectivity index (χ1n) is 14.2. The predicted molar refractivity (Wildman–Crippen MR) is 155 cm³/mol. The Labute approximate surface area is 248 Å².